The minimum atomic E-state index is -0.465. The number of nitrogens with zero attached hydrogens (tertiary/aromatic N) is 1. The minimum Gasteiger partial charge on any atom is -0.510 e. The summed E-state index contributed by atoms with van der Waals surface area (Å²) in [5, 5.41) is 18.6. The molecule has 0 fully saturated rings. The molecule has 0 aliphatic carbocycles. The van der Waals surface area contributed by atoms with E-state index in [0.717, 1.165) is 11.4 Å². The largest absolute Gasteiger partial charge is 0.510 e. The van der Waals surface area contributed by atoms with Crippen molar-refractivity contribution in [1.82, 2.24) is 15.5 Å². The fraction of sp³-hybridized carbons (Fsp3) is 0.417. The van der Waals surface area contributed by atoms with Gasteiger partial charge in [-0.2, -0.15) is 0 Å². The number of carbonyl (C=O) groups excluding carboxylic acids is 2. The molecule has 0 saturated carbocycles. The van der Waals surface area contributed by atoms with E-state index in [0.29, 0.717) is 37.9 Å². The monoisotopic (exact) mass is 430 g/mol. The molecule has 2 amide bonds. The summed E-state index contributed by atoms with van der Waals surface area (Å²) < 4.78 is 0. The molecule has 0 aliphatic heterocycles. The molecule has 0 spiro atoms. The van der Waals surface area contributed by atoms with Crippen LogP contribution < -0.4 is 16.0 Å². The van der Waals surface area contributed by atoms with Gasteiger partial charge in [0.05, 0.1) is 6.04 Å². The van der Waals surface area contributed by atoms with E-state index >= 15 is 0 Å². The Morgan fingerprint density at radius 1 is 1.23 bits per heavy atom. The number of aliphatic hydroxyl groups excluding tert-OH is 1. The number of benzene rings is 1. The Kier molecular flexibility index (Phi) is 14.8. The van der Waals surface area contributed by atoms with Gasteiger partial charge in [-0.25, -0.2) is 0 Å². The van der Waals surface area contributed by atoms with Gasteiger partial charge < -0.3 is 26.0 Å². The van der Waals surface area contributed by atoms with Gasteiger partial charge in [-0.3, -0.25) is 9.59 Å². The molecular formula is C24H38N4O3. The smallest absolute Gasteiger partial charge is 0.224 e. The number of allylic oxidation sites excluding steroid dienone is 3. The third kappa shape index (κ3) is 11.5. The third-order valence-corrected chi connectivity index (χ3v) is 4.24. The molecule has 0 aliphatic rings. The average Bonchev–Trinajstić information content (AvgIpc) is 2.77. The summed E-state index contributed by atoms with van der Waals surface area (Å²) in [4.78, 5) is 24.8. The van der Waals surface area contributed by atoms with Crippen LogP contribution in [0.5, 0.6) is 0 Å². The minimum absolute atomic E-state index is 0.0503. The number of rotatable bonds is 13. The standard InChI is InChI=1S/C22H32N4O3.C2H6/c1-5-8-21(26(3)4)23-14-7-9-22(29)25-18-12-10-17(11-13-18)15-19(24-16-27)20(28)6-2;1-2/h5-6,8,10-13,16,19,23,28H,1,7,9,14-15H2,2-4H3,(H,24,27)(H,25,29);1-2H3/b20-6-,21-8-;. The van der Waals surface area contributed by atoms with Crippen LogP contribution in [0.15, 0.2) is 60.7 Å². The fourth-order valence-corrected chi connectivity index (χ4v) is 2.66. The lowest BCUT2D eigenvalue weighted by molar-refractivity contribution is -0.116. The summed E-state index contributed by atoms with van der Waals surface area (Å²) in [5.74, 6) is 1.01. The second-order valence-corrected chi connectivity index (χ2v) is 6.71. The predicted molar refractivity (Wildman–Crippen MR) is 129 cm³/mol. The van der Waals surface area contributed by atoms with Gasteiger partial charge in [-0.1, -0.05) is 38.6 Å². The quantitative estimate of drug-likeness (QED) is 0.166. The van der Waals surface area contributed by atoms with Crippen molar-refractivity contribution in [3.05, 3.63) is 66.2 Å². The third-order valence-electron chi connectivity index (χ3n) is 4.24. The summed E-state index contributed by atoms with van der Waals surface area (Å²) in [7, 11) is 3.88. The Morgan fingerprint density at radius 3 is 2.39 bits per heavy atom. The normalized spacial score (nSPS) is 12.0. The first-order chi connectivity index (χ1) is 14.9. The molecule has 7 nitrogen and oxygen atoms in total. The van der Waals surface area contributed by atoms with E-state index < -0.39 is 6.04 Å². The summed E-state index contributed by atoms with van der Waals surface area (Å²) in [5.41, 5.74) is 1.65. The van der Waals surface area contributed by atoms with Gasteiger partial charge in [0.25, 0.3) is 0 Å². The van der Waals surface area contributed by atoms with E-state index in [-0.39, 0.29) is 11.7 Å². The molecule has 1 rings (SSSR count). The van der Waals surface area contributed by atoms with Crippen molar-refractivity contribution in [3.8, 4) is 0 Å². The van der Waals surface area contributed by atoms with Gasteiger partial charge in [-0.05, 0) is 49.6 Å². The van der Waals surface area contributed by atoms with Crippen molar-refractivity contribution >= 4 is 18.0 Å². The van der Waals surface area contributed by atoms with Gasteiger partial charge in [0.1, 0.15) is 11.6 Å². The zero-order valence-corrected chi connectivity index (χ0v) is 19.4. The first kappa shape index (κ1) is 27.8. The molecule has 1 atom stereocenters. The Bertz CT molecular complexity index is 725. The van der Waals surface area contributed by atoms with Crippen LogP contribution in [0.3, 0.4) is 0 Å². The van der Waals surface area contributed by atoms with Crippen LogP contribution in [0.2, 0.25) is 0 Å². The van der Waals surface area contributed by atoms with E-state index in [9.17, 15) is 14.7 Å². The van der Waals surface area contributed by atoms with Crippen LogP contribution in [0.4, 0.5) is 5.69 Å². The second kappa shape index (κ2) is 16.6. The van der Waals surface area contributed by atoms with Crippen molar-refractivity contribution in [2.75, 3.05) is 26.0 Å². The van der Waals surface area contributed by atoms with Gasteiger partial charge >= 0.3 is 0 Å². The van der Waals surface area contributed by atoms with Gasteiger partial charge in [0, 0.05) is 32.7 Å². The summed E-state index contributed by atoms with van der Waals surface area (Å²) in [6, 6.07) is 6.89. The first-order valence-corrected chi connectivity index (χ1v) is 10.6. The molecule has 0 bridgehead atoms. The van der Waals surface area contributed by atoms with Crippen molar-refractivity contribution in [1.29, 1.82) is 0 Å². The number of hydrogen-bond acceptors (Lipinski definition) is 5. The topological polar surface area (TPSA) is 93.7 Å². The van der Waals surface area contributed by atoms with Crippen LogP contribution in [-0.4, -0.2) is 49.0 Å². The van der Waals surface area contributed by atoms with Crippen molar-refractivity contribution in [2.45, 2.75) is 46.1 Å². The van der Waals surface area contributed by atoms with Crippen molar-refractivity contribution in [3.63, 3.8) is 0 Å². The van der Waals surface area contributed by atoms with Crippen LogP contribution in [0.1, 0.15) is 39.2 Å². The molecule has 4 N–H and O–H groups in total. The number of nitrogens with one attached hydrogen (secondary N) is 3. The molecule has 0 heterocycles. The molecule has 0 saturated heterocycles. The van der Waals surface area contributed by atoms with Crippen molar-refractivity contribution in [2.24, 2.45) is 0 Å². The molecule has 1 aromatic rings. The van der Waals surface area contributed by atoms with Gasteiger partial charge in [-0.15, -0.1) is 0 Å². The fourth-order valence-electron chi connectivity index (χ4n) is 2.66. The van der Waals surface area contributed by atoms with E-state index in [4.69, 9.17) is 0 Å². The highest BCUT2D eigenvalue weighted by atomic mass is 16.3. The molecular weight excluding hydrogens is 392 g/mol. The van der Waals surface area contributed by atoms with Crippen LogP contribution in [0.25, 0.3) is 0 Å². The highest BCUT2D eigenvalue weighted by Gasteiger charge is 2.12. The predicted octanol–water partition coefficient (Wildman–Crippen LogP) is 3.73. The molecule has 1 aromatic carbocycles. The molecule has 0 radical (unpaired) electrons. The van der Waals surface area contributed by atoms with Gasteiger partial charge in [0.2, 0.25) is 12.3 Å². The first-order valence-electron chi connectivity index (χ1n) is 10.6. The van der Waals surface area contributed by atoms with Crippen LogP contribution >= 0.6 is 0 Å². The number of hydrogen-bond donors (Lipinski definition) is 4. The summed E-state index contributed by atoms with van der Waals surface area (Å²) in [6.45, 7) is 10.1. The number of aliphatic hydroxyl groups is 1. The maximum absolute atomic E-state index is 12.1. The zero-order chi connectivity index (χ0) is 23.6. The number of amides is 2. The second-order valence-electron chi connectivity index (χ2n) is 6.71. The average molecular weight is 431 g/mol. The van der Waals surface area contributed by atoms with E-state index in [2.05, 4.69) is 22.5 Å². The number of anilines is 1. The lowest BCUT2D eigenvalue weighted by atomic mass is 10.0. The SMILES string of the molecule is C=C/C=C(/NCCCC(=O)Nc1ccc(CC(NC=O)/C(O)=C/C)cc1)N(C)C.CC. The van der Waals surface area contributed by atoms with Gasteiger partial charge in [0.15, 0.2) is 0 Å². The Balaban J connectivity index is 0.00000436. The molecule has 0 aromatic heterocycles. The molecule has 172 valence electrons. The Hall–Kier alpha value is -3.22. The van der Waals surface area contributed by atoms with E-state index in [1.54, 1.807) is 19.1 Å². The number of carbonyl (C=O) groups is 2. The highest BCUT2D eigenvalue weighted by molar-refractivity contribution is 5.90. The highest BCUT2D eigenvalue weighted by Crippen LogP contribution is 2.14. The van der Waals surface area contributed by atoms with Crippen molar-refractivity contribution < 1.29 is 14.7 Å². The summed E-state index contributed by atoms with van der Waals surface area (Å²) >= 11 is 0. The van der Waals surface area contributed by atoms with E-state index in [1.165, 1.54) is 0 Å². The van der Waals surface area contributed by atoms with Crippen LogP contribution in [-0.2, 0) is 16.0 Å². The zero-order valence-electron chi connectivity index (χ0n) is 19.4. The lowest BCUT2D eigenvalue weighted by Crippen LogP contribution is -2.31. The van der Waals surface area contributed by atoms with E-state index in [1.807, 2.05) is 63.2 Å². The van der Waals surface area contributed by atoms with Crippen LogP contribution in [0, 0.1) is 0 Å². The summed E-state index contributed by atoms with van der Waals surface area (Å²) in [6.07, 6.45) is 7.30. The molecule has 1 unspecified atom stereocenters. The molecule has 31 heavy (non-hydrogen) atoms. The maximum atomic E-state index is 12.1. The lowest BCUT2D eigenvalue weighted by Gasteiger charge is -2.18. The molecule has 7 heteroatoms. The Morgan fingerprint density at radius 2 is 1.87 bits per heavy atom. The Labute approximate surface area is 186 Å². The maximum Gasteiger partial charge on any atom is 0.224 e.